The summed E-state index contributed by atoms with van der Waals surface area (Å²) < 4.78 is 57.7. The highest BCUT2D eigenvalue weighted by atomic mass is 19.4. The van der Waals surface area contributed by atoms with Gasteiger partial charge in [-0.3, -0.25) is 10.3 Å². The molecular weight excluding hydrogens is 482 g/mol. The molecule has 3 N–H and O–H groups in total. The Kier molecular flexibility index (Phi) is 5.66. The maximum atomic E-state index is 14.8. The zero-order valence-corrected chi connectivity index (χ0v) is 18.9. The van der Waals surface area contributed by atoms with E-state index in [4.69, 9.17) is 4.84 Å². The molecule has 1 unspecified atom stereocenters. The average Bonchev–Trinajstić information content (AvgIpc) is 3.39. The van der Waals surface area contributed by atoms with Crippen LogP contribution in [-0.2, 0) is 23.1 Å². The molecule has 0 spiro atoms. The molecule has 0 radical (unpaired) electrons. The van der Waals surface area contributed by atoms with E-state index < -0.39 is 35.5 Å². The summed E-state index contributed by atoms with van der Waals surface area (Å²) in [6.07, 6.45) is 3.28. The first-order valence-corrected chi connectivity index (χ1v) is 11.0. The second-order valence-corrected chi connectivity index (χ2v) is 8.74. The van der Waals surface area contributed by atoms with Crippen LogP contribution in [0.15, 0.2) is 55.4 Å². The lowest BCUT2D eigenvalue weighted by Crippen LogP contribution is -2.60. The van der Waals surface area contributed by atoms with E-state index in [1.54, 1.807) is 23.2 Å². The summed E-state index contributed by atoms with van der Waals surface area (Å²) in [4.78, 5) is 30.3. The summed E-state index contributed by atoms with van der Waals surface area (Å²) in [6, 6.07) is 4.20. The number of benzene rings is 1. The number of alkyl halides is 3. The third-order valence-corrected chi connectivity index (χ3v) is 6.27. The maximum absolute atomic E-state index is 14.8. The lowest BCUT2D eigenvalue weighted by atomic mass is 9.90. The normalized spacial score (nSPS) is 20.1. The lowest BCUT2D eigenvalue weighted by molar-refractivity contribution is -0.252. The fraction of sp³-hybridized carbons (Fsp3) is 0.304. The van der Waals surface area contributed by atoms with Gasteiger partial charge in [-0.05, 0) is 36.1 Å². The molecule has 1 fully saturated rings. The fourth-order valence-electron chi connectivity index (χ4n) is 4.17. The Morgan fingerprint density at radius 3 is 2.50 bits per heavy atom. The molecule has 13 heteroatoms. The average molecular weight is 503 g/mol. The Morgan fingerprint density at radius 2 is 1.94 bits per heavy atom. The highest BCUT2D eigenvalue weighted by Crippen LogP contribution is 2.64. The number of aryl methyl sites for hydroxylation is 1. The number of nitrogens with one attached hydrogen (secondary N) is 3. The molecule has 5 rings (SSSR count). The molecule has 1 aliphatic carbocycles. The SMILES string of the molecule is Cn1cnc(Nc2ncc(-c3ccc(CC(=O)NC4(C5(C(F)(F)F)CC5)C=CNO4)c(F)c3)cn2)c1. The van der Waals surface area contributed by atoms with Crippen molar-refractivity contribution in [2.24, 2.45) is 12.5 Å². The molecule has 188 valence electrons. The van der Waals surface area contributed by atoms with Gasteiger partial charge >= 0.3 is 6.18 Å². The number of aromatic nitrogens is 4. The van der Waals surface area contributed by atoms with E-state index in [-0.39, 0.29) is 18.4 Å². The van der Waals surface area contributed by atoms with Crippen molar-refractivity contribution in [1.82, 2.24) is 30.3 Å². The number of rotatable bonds is 7. The molecule has 2 aromatic heterocycles. The van der Waals surface area contributed by atoms with E-state index in [2.05, 4.69) is 31.1 Å². The number of amides is 1. The lowest BCUT2D eigenvalue weighted by Gasteiger charge is -2.36. The van der Waals surface area contributed by atoms with Gasteiger partial charge in [0.15, 0.2) is 5.82 Å². The Bertz CT molecular complexity index is 1320. The number of halogens is 4. The standard InChI is InChI=1S/C23H21F4N7O2/c1-34-12-18(30-13-34)32-20-28-10-16(11-29-20)14-2-3-15(17(24)8-14)9-19(35)33-22(6-7-31-36-22)21(4-5-21)23(25,26)27/h2-3,6-8,10-13,31H,4-5,9H2,1H3,(H,33,35)(H,28,29,32). The van der Waals surface area contributed by atoms with Gasteiger partial charge < -0.3 is 15.2 Å². The van der Waals surface area contributed by atoms with Crippen LogP contribution in [0.1, 0.15) is 18.4 Å². The van der Waals surface area contributed by atoms with Gasteiger partial charge in [0.05, 0.1) is 12.7 Å². The van der Waals surface area contributed by atoms with Gasteiger partial charge in [0.25, 0.3) is 0 Å². The summed E-state index contributed by atoms with van der Waals surface area (Å²) in [5, 5.41) is 5.26. The quantitative estimate of drug-likeness (QED) is 0.424. The summed E-state index contributed by atoms with van der Waals surface area (Å²) in [5.74, 6) is -0.618. The van der Waals surface area contributed by atoms with Crippen molar-refractivity contribution in [2.45, 2.75) is 31.2 Å². The van der Waals surface area contributed by atoms with Crippen LogP contribution in [0, 0.1) is 11.2 Å². The zero-order chi connectivity index (χ0) is 25.6. The van der Waals surface area contributed by atoms with E-state index in [1.165, 1.54) is 30.7 Å². The molecule has 1 aliphatic heterocycles. The number of hydrogen-bond donors (Lipinski definition) is 3. The van der Waals surface area contributed by atoms with E-state index in [0.717, 1.165) is 6.08 Å². The smallest absolute Gasteiger partial charge is 0.338 e. The van der Waals surface area contributed by atoms with Gasteiger partial charge in [0, 0.05) is 37.4 Å². The molecule has 2 aliphatic rings. The van der Waals surface area contributed by atoms with Crippen molar-refractivity contribution in [3.63, 3.8) is 0 Å². The van der Waals surface area contributed by atoms with Crippen LogP contribution in [-0.4, -0.2) is 37.3 Å². The zero-order valence-electron chi connectivity index (χ0n) is 18.9. The van der Waals surface area contributed by atoms with E-state index in [0.29, 0.717) is 22.9 Å². The number of hydroxylamine groups is 1. The van der Waals surface area contributed by atoms with Crippen LogP contribution in [0.5, 0.6) is 0 Å². The Labute approximate surface area is 202 Å². The number of carbonyl (C=O) groups excluding carboxylic acids is 1. The molecule has 0 bridgehead atoms. The van der Waals surface area contributed by atoms with Crippen LogP contribution in [0.2, 0.25) is 0 Å². The Balaban J connectivity index is 1.27. The number of carbonyl (C=O) groups is 1. The minimum Gasteiger partial charge on any atom is -0.338 e. The van der Waals surface area contributed by atoms with Crippen molar-refractivity contribution in [3.8, 4) is 11.1 Å². The van der Waals surface area contributed by atoms with Crippen LogP contribution in [0.25, 0.3) is 11.1 Å². The van der Waals surface area contributed by atoms with Gasteiger partial charge in [-0.25, -0.2) is 24.2 Å². The predicted octanol–water partition coefficient (Wildman–Crippen LogP) is 3.51. The molecule has 0 saturated heterocycles. The first-order chi connectivity index (χ1) is 17.1. The first-order valence-electron chi connectivity index (χ1n) is 11.0. The molecule has 1 aromatic carbocycles. The highest BCUT2D eigenvalue weighted by Gasteiger charge is 2.75. The molecule has 1 atom stereocenters. The van der Waals surface area contributed by atoms with Crippen molar-refractivity contribution in [1.29, 1.82) is 0 Å². The third kappa shape index (κ3) is 4.26. The molecule has 1 amide bonds. The molecule has 3 aromatic rings. The fourth-order valence-corrected chi connectivity index (χ4v) is 4.17. The molecular formula is C23H21F4N7O2. The topological polar surface area (TPSA) is 106 Å². The summed E-state index contributed by atoms with van der Waals surface area (Å²) >= 11 is 0. The van der Waals surface area contributed by atoms with Crippen molar-refractivity contribution in [2.75, 3.05) is 5.32 Å². The second kappa shape index (κ2) is 8.59. The Morgan fingerprint density at radius 1 is 1.19 bits per heavy atom. The maximum Gasteiger partial charge on any atom is 0.399 e. The third-order valence-electron chi connectivity index (χ3n) is 6.27. The molecule has 3 heterocycles. The van der Waals surface area contributed by atoms with Crippen LogP contribution in [0.4, 0.5) is 29.3 Å². The van der Waals surface area contributed by atoms with Crippen LogP contribution < -0.4 is 16.1 Å². The van der Waals surface area contributed by atoms with Gasteiger partial charge in [0.1, 0.15) is 11.2 Å². The summed E-state index contributed by atoms with van der Waals surface area (Å²) in [5.41, 5.74) is -1.02. The van der Waals surface area contributed by atoms with E-state index >= 15 is 0 Å². The monoisotopic (exact) mass is 503 g/mol. The molecule has 1 saturated carbocycles. The molecule has 9 nitrogen and oxygen atoms in total. The first kappa shape index (κ1) is 23.7. The molecule has 36 heavy (non-hydrogen) atoms. The Hall–Kier alpha value is -4.00. The van der Waals surface area contributed by atoms with Gasteiger partial charge in [-0.2, -0.15) is 13.2 Å². The van der Waals surface area contributed by atoms with Crippen LogP contribution in [0.3, 0.4) is 0 Å². The minimum absolute atomic E-state index is 0.0209. The van der Waals surface area contributed by atoms with Gasteiger partial charge in [-0.1, -0.05) is 12.1 Å². The number of anilines is 2. The summed E-state index contributed by atoms with van der Waals surface area (Å²) in [7, 11) is 1.82. The van der Waals surface area contributed by atoms with Crippen molar-refractivity contribution < 1.29 is 27.2 Å². The van der Waals surface area contributed by atoms with E-state index in [9.17, 15) is 22.4 Å². The largest absolute Gasteiger partial charge is 0.399 e. The number of nitrogens with zero attached hydrogens (tertiary/aromatic N) is 4. The van der Waals surface area contributed by atoms with Gasteiger partial charge in [-0.15, -0.1) is 0 Å². The van der Waals surface area contributed by atoms with Crippen LogP contribution >= 0.6 is 0 Å². The predicted molar refractivity (Wildman–Crippen MR) is 120 cm³/mol. The van der Waals surface area contributed by atoms with Gasteiger partial charge in [0.2, 0.25) is 17.6 Å². The van der Waals surface area contributed by atoms with E-state index in [1.807, 2.05) is 7.05 Å². The highest BCUT2D eigenvalue weighted by molar-refractivity contribution is 5.80. The second-order valence-electron chi connectivity index (χ2n) is 8.74. The summed E-state index contributed by atoms with van der Waals surface area (Å²) in [6.45, 7) is 0. The van der Waals surface area contributed by atoms with Crippen molar-refractivity contribution in [3.05, 3.63) is 66.8 Å². The van der Waals surface area contributed by atoms with Crippen molar-refractivity contribution >= 4 is 17.7 Å². The number of hydrogen-bond acceptors (Lipinski definition) is 7. The number of imidazole rings is 1. The minimum atomic E-state index is -4.59.